The molecule has 0 fully saturated rings. The third-order valence-corrected chi connectivity index (χ3v) is 3.65. The largest absolute Gasteiger partial charge is 0.507 e. The number of hydrogen-bond acceptors (Lipinski definition) is 4. The first-order valence-electron chi connectivity index (χ1n) is 6.48. The fourth-order valence-electron chi connectivity index (χ4n) is 2.61. The van der Waals surface area contributed by atoms with Crippen LogP contribution in [0.5, 0.6) is 5.75 Å². The zero-order valence-corrected chi connectivity index (χ0v) is 11.6. The molecule has 3 rings (SSSR count). The van der Waals surface area contributed by atoms with E-state index in [2.05, 4.69) is 0 Å². The molecule has 2 aromatic carbocycles. The molecule has 4 heteroatoms. The first-order valence-corrected chi connectivity index (χ1v) is 6.48. The SMILES string of the molecule is CC(=O)c1ccc2c(c1)C(=O)c1c(O)cc(C)cc1C2=O. The van der Waals surface area contributed by atoms with Gasteiger partial charge in [-0.3, -0.25) is 14.4 Å². The molecule has 0 heterocycles. The smallest absolute Gasteiger partial charge is 0.198 e. The van der Waals surface area contributed by atoms with Gasteiger partial charge in [0.1, 0.15) is 5.75 Å². The molecular weight excluding hydrogens is 268 g/mol. The third kappa shape index (κ3) is 1.88. The lowest BCUT2D eigenvalue weighted by molar-refractivity contribution is 0.0975. The average molecular weight is 280 g/mol. The Morgan fingerprint density at radius 3 is 2.33 bits per heavy atom. The van der Waals surface area contributed by atoms with Crippen molar-refractivity contribution in [2.45, 2.75) is 13.8 Å². The van der Waals surface area contributed by atoms with Gasteiger partial charge in [-0.05, 0) is 43.7 Å². The van der Waals surface area contributed by atoms with E-state index in [9.17, 15) is 19.5 Å². The molecule has 1 aliphatic rings. The number of phenolic OH excluding ortho intramolecular Hbond substituents is 1. The van der Waals surface area contributed by atoms with E-state index in [0.29, 0.717) is 11.1 Å². The monoisotopic (exact) mass is 280 g/mol. The first-order chi connectivity index (χ1) is 9.90. The van der Waals surface area contributed by atoms with Crippen molar-refractivity contribution in [2.24, 2.45) is 0 Å². The van der Waals surface area contributed by atoms with Crippen LogP contribution in [0.25, 0.3) is 0 Å². The Hall–Kier alpha value is -2.75. The minimum absolute atomic E-state index is 0.0128. The lowest BCUT2D eigenvalue weighted by Crippen LogP contribution is -2.21. The Balaban J connectivity index is 2.30. The number of carbonyl (C=O) groups excluding carboxylic acids is 3. The maximum Gasteiger partial charge on any atom is 0.198 e. The van der Waals surface area contributed by atoms with Crippen LogP contribution in [0.4, 0.5) is 0 Å². The molecule has 0 atom stereocenters. The summed E-state index contributed by atoms with van der Waals surface area (Å²) < 4.78 is 0. The van der Waals surface area contributed by atoms with Crippen LogP contribution in [-0.4, -0.2) is 22.5 Å². The highest BCUT2D eigenvalue weighted by atomic mass is 16.3. The lowest BCUT2D eigenvalue weighted by Gasteiger charge is -2.19. The molecule has 0 amide bonds. The van der Waals surface area contributed by atoms with Gasteiger partial charge in [-0.25, -0.2) is 0 Å². The van der Waals surface area contributed by atoms with Crippen LogP contribution in [0.2, 0.25) is 0 Å². The molecule has 0 aliphatic heterocycles. The molecular formula is C17H12O4. The van der Waals surface area contributed by atoms with Crippen LogP contribution >= 0.6 is 0 Å². The Morgan fingerprint density at radius 2 is 1.67 bits per heavy atom. The molecule has 1 N–H and O–H groups in total. The fourth-order valence-corrected chi connectivity index (χ4v) is 2.61. The third-order valence-electron chi connectivity index (χ3n) is 3.65. The maximum absolute atomic E-state index is 12.5. The van der Waals surface area contributed by atoms with E-state index in [-0.39, 0.29) is 39.6 Å². The summed E-state index contributed by atoms with van der Waals surface area (Å²) in [4.78, 5) is 36.5. The minimum Gasteiger partial charge on any atom is -0.507 e. The van der Waals surface area contributed by atoms with E-state index < -0.39 is 5.78 Å². The molecule has 0 saturated heterocycles. The van der Waals surface area contributed by atoms with Crippen molar-refractivity contribution in [3.05, 3.63) is 63.7 Å². The number of aryl methyl sites for hydroxylation is 1. The van der Waals surface area contributed by atoms with Gasteiger partial charge in [-0.1, -0.05) is 6.07 Å². The molecule has 0 aromatic heterocycles. The van der Waals surface area contributed by atoms with Gasteiger partial charge in [0.05, 0.1) is 5.56 Å². The van der Waals surface area contributed by atoms with Crippen molar-refractivity contribution in [1.29, 1.82) is 0 Å². The summed E-state index contributed by atoms with van der Waals surface area (Å²) in [6, 6.07) is 7.49. The van der Waals surface area contributed by atoms with E-state index >= 15 is 0 Å². The Labute approximate surface area is 121 Å². The molecule has 1 aliphatic carbocycles. The Kier molecular flexibility index (Phi) is 2.76. The van der Waals surface area contributed by atoms with Crippen LogP contribution in [-0.2, 0) is 0 Å². The number of benzene rings is 2. The van der Waals surface area contributed by atoms with Crippen LogP contribution in [0.1, 0.15) is 54.7 Å². The van der Waals surface area contributed by atoms with Crippen molar-refractivity contribution in [3.63, 3.8) is 0 Å². The van der Waals surface area contributed by atoms with Gasteiger partial charge in [-0.15, -0.1) is 0 Å². The zero-order valence-electron chi connectivity index (χ0n) is 11.6. The van der Waals surface area contributed by atoms with Gasteiger partial charge < -0.3 is 5.11 Å². The highest BCUT2D eigenvalue weighted by Crippen LogP contribution is 2.34. The molecule has 4 nitrogen and oxygen atoms in total. The van der Waals surface area contributed by atoms with E-state index in [4.69, 9.17) is 0 Å². The summed E-state index contributed by atoms with van der Waals surface area (Å²) in [6.45, 7) is 3.14. The van der Waals surface area contributed by atoms with Crippen molar-refractivity contribution < 1.29 is 19.5 Å². The van der Waals surface area contributed by atoms with Crippen LogP contribution < -0.4 is 0 Å². The van der Waals surface area contributed by atoms with Gasteiger partial charge in [0.25, 0.3) is 0 Å². The van der Waals surface area contributed by atoms with Crippen molar-refractivity contribution in [2.75, 3.05) is 0 Å². The normalized spacial score (nSPS) is 12.9. The standard InChI is InChI=1S/C17H12O4/c1-8-5-13-15(14(19)6-8)17(21)12-7-10(9(2)18)3-4-11(12)16(13)20/h3-7,19H,1-2H3. The van der Waals surface area contributed by atoms with Crippen molar-refractivity contribution in [1.82, 2.24) is 0 Å². The number of aromatic hydroxyl groups is 1. The molecule has 0 bridgehead atoms. The number of rotatable bonds is 1. The Bertz CT molecular complexity index is 831. The summed E-state index contributed by atoms with van der Waals surface area (Å²) in [7, 11) is 0. The second-order valence-electron chi connectivity index (χ2n) is 5.18. The van der Waals surface area contributed by atoms with Crippen LogP contribution in [0, 0.1) is 6.92 Å². The van der Waals surface area contributed by atoms with Gasteiger partial charge in [0, 0.05) is 22.3 Å². The predicted octanol–water partition coefficient (Wildman–Crippen LogP) is 2.68. The highest BCUT2D eigenvalue weighted by Gasteiger charge is 2.32. The molecule has 104 valence electrons. The molecule has 2 aromatic rings. The number of Topliss-reactive ketones (excluding diaryl/α,β-unsaturated/α-hetero) is 1. The number of phenols is 1. The predicted molar refractivity (Wildman–Crippen MR) is 76.2 cm³/mol. The lowest BCUT2D eigenvalue weighted by atomic mass is 9.82. The van der Waals surface area contributed by atoms with Gasteiger partial charge in [-0.2, -0.15) is 0 Å². The summed E-state index contributed by atoms with van der Waals surface area (Å²) in [5, 5.41) is 9.99. The van der Waals surface area contributed by atoms with E-state index in [1.54, 1.807) is 13.0 Å². The number of hydrogen-bond donors (Lipinski definition) is 1. The fraction of sp³-hybridized carbons (Fsp3) is 0.118. The average Bonchev–Trinajstić information content (AvgIpc) is 2.43. The maximum atomic E-state index is 12.5. The molecule has 0 unspecified atom stereocenters. The number of fused-ring (bicyclic) bond motifs is 2. The Morgan fingerprint density at radius 1 is 0.952 bits per heavy atom. The molecule has 21 heavy (non-hydrogen) atoms. The first kappa shape index (κ1) is 13.2. The second kappa shape index (κ2) is 4.38. The quantitative estimate of drug-likeness (QED) is 0.696. The zero-order chi connectivity index (χ0) is 15.3. The molecule has 0 radical (unpaired) electrons. The topological polar surface area (TPSA) is 71.4 Å². The van der Waals surface area contributed by atoms with Crippen molar-refractivity contribution >= 4 is 17.3 Å². The van der Waals surface area contributed by atoms with Crippen molar-refractivity contribution in [3.8, 4) is 5.75 Å². The summed E-state index contributed by atoms with van der Waals surface area (Å²) >= 11 is 0. The number of carbonyl (C=O) groups is 3. The second-order valence-corrected chi connectivity index (χ2v) is 5.18. The minimum atomic E-state index is -0.430. The van der Waals surface area contributed by atoms with E-state index in [1.165, 1.54) is 31.2 Å². The highest BCUT2D eigenvalue weighted by molar-refractivity contribution is 6.29. The van der Waals surface area contributed by atoms with Gasteiger partial charge in [0.15, 0.2) is 17.3 Å². The van der Waals surface area contributed by atoms with Gasteiger partial charge in [0.2, 0.25) is 0 Å². The van der Waals surface area contributed by atoms with E-state index in [0.717, 1.165) is 0 Å². The molecule has 0 spiro atoms. The van der Waals surface area contributed by atoms with Crippen LogP contribution in [0.15, 0.2) is 30.3 Å². The summed E-state index contributed by atoms with van der Waals surface area (Å²) in [6.07, 6.45) is 0. The molecule has 0 saturated carbocycles. The van der Waals surface area contributed by atoms with Crippen LogP contribution in [0.3, 0.4) is 0 Å². The van der Waals surface area contributed by atoms with E-state index in [1.807, 2.05) is 0 Å². The van der Waals surface area contributed by atoms with Gasteiger partial charge >= 0.3 is 0 Å². The number of ketones is 3. The summed E-state index contributed by atoms with van der Waals surface area (Å²) in [5.41, 5.74) is 1.72. The summed E-state index contributed by atoms with van der Waals surface area (Å²) in [5.74, 6) is -1.13.